The van der Waals surface area contributed by atoms with Crippen molar-refractivity contribution in [1.29, 1.82) is 0 Å². The minimum atomic E-state index is -2.15. The Balaban J connectivity index is 1.72. The van der Waals surface area contributed by atoms with Crippen LogP contribution in [-0.2, 0) is 17.6 Å². The first-order chi connectivity index (χ1) is 16.1. The van der Waals surface area contributed by atoms with Crippen LogP contribution in [0.2, 0.25) is 0 Å². The van der Waals surface area contributed by atoms with Crippen molar-refractivity contribution in [1.82, 2.24) is 0 Å². The molecule has 0 heterocycles. The molecule has 0 bridgehead atoms. The van der Waals surface area contributed by atoms with E-state index in [1.54, 1.807) is 18.2 Å². The van der Waals surface area contributed by atoms with Gasteiger partial charge in [0.2, 0.25) is 0 Å². The van der Waals surface area contributed by atoms with E-state index in [0.717, 1.165) is 0 Å². The molecular weight excluding hydrogens is 356 g/mol. The third-order valence-corrected chi connectivity index (χ3v) is 5.79. The average Bonchev–Trinajstić information content (AvgIpc) is 3.05. The van der Waals surface area contributed by atoms with Gasteiger partial charge in [0.15, 0.2) is 6.61 Å². The Morgan fingerprint density at radius 3 is 3.11 bits per heavy atom. The first kappa shape index (κ1) is 13.6. The highest BCUT2D eigenvalue weighted by molar-refractivity contribution is 5.68. The van der Waals surface area contributed by atoms with E-state index in [9.17, 15) is 15.0 Å². The number of fused-ring (bicyclic) bond motifs is 2. The lowest BCUT2D eigenvalue weighted by Gasteiger charge is -2.32. The molecule has 0 unspecified atom stereocenters. The van der Waals surface area contributed by atoms with Gasteiger partial charge in [-0.05, 0) is 73.4 Å². The lowest BCUT2D eigenvalue weighted by atomic mass is 9.73. The number of aliphatic carboxylic acids is 1. The summed E-state index contributed by atoms with van der Waals surface area (Å²) in [6, 6.07) is 4.89. The summed E-state index contributed by atoms with van der Waals surface area (Å²) in [4.78, 5) is 10.9. The van der Waals surface area contributed by atoms with Crippen LogP contribution in [0.1, 0.15) is 72.5 Å². The van der Waals surface area contributed by atoms with Crippen LogP contribution < -0.4 is 4.74 Å². The number of carboxylic acids is 1. The molecule has 0 radical (unpaired) electrons. The Hall–Kier alpha value is -1.59. The Bertz CT molecular complexity index is 905. The normalized spacial score (nSPS) is 33.6. The molecule has 5 nitrogen and oxygen atoms in total. The molecule has 2 aliphatic rings. The number of benzene rings is 1. The lowest BCUT2D eigenvalue weighted by Crippen LogP contribution is -2.28. The summed E-state index contributed by atoms with van der Waals surface area (Å²) in [6.07, 6.45) is -5.07. The van der Waals surface area contributed by atoms with Gasteiger partial charge in [0, 0.05) is 9.60 Å². The van der Waals surface area contributed by atoms with E-state index in [2.05, 4.69) is 0 Å². The second-order valence-corrected chi connectivity index (χ2v) is 7.72. The highest BCUT2D eigenvalue weighted by atomic mass is 16.5. The van der Waals surface area contributed by atoms with Gasteiger partial charge in [-0.3, -0.25) is 0 Å². The van der Waals surface area contributed by atoms with Crippen molar-refractivity contribution in [3.05, 3.63) is 29.3 Å². The number of carboxylic acid groups (broad SMARTS) is 1. The number of aliphatic hydroxyl groups is 2. The first-order valence-electron chi connectivity index (χ1n) is 13.5. The maximum absolute atomic E-state index is 10.9. The van der Waals surface area contributed by atoms with Crippen molar-refractivity contribution in [3.8, 4) is 5.75 Å². The average molecular weight is 398 g/mol. The van der Waals surface area contributed by atoms with E-state index in [4.69, 9.17) is 19.4 Å². The van der Waals surface area contributed by atoms with E-state index < -0.39 is 56.2 Å². The smallest absolute Gasteiger partial charge is 0.341 e. The molecule has 3 rings (SSSR count). The van der Waals surface area contributed by atoms with Gasteiger partial charge in [-0.2, -0.15) is 0 Å². The fourth-order valence-electron chi connectivity index (χ4n) is 4.46. The zero-order valence-electron chi connectivity index (χ0n) is 22.9. The first-order valence-corrected chi connectivity index (χ1v) is 9.96. The fourth-order valence-corrected chi connectivity index (χ4v) is 4.46. The Morgan fingerprint density at radius 2 is 2.32 bits per heavy atom. The van der Waals surface area contributed by atoms with Crippen molar-refractivity contribution >= 4 is 5.97 Å². The largest absolute Gasteiger partial charge is 0.482 e. The van der Waals surface area contributed by atoms with Gasteiger partial charge in [0.25, 0.3) is 0 Å². The van der Waals surface area contributed by atoms with Crippen LogP contribution in [0, 0.1) is 17.8 Å². The third kappa shape index (κ3) is 5.06. The van der Waals surface area contributed by atoms with Gasteiger partial charge in [-0.25, -0.2) is 4.79 Å². The summed E-state index contributed by atoms with van der Waals surface area (Å²) in [5.74, 6) is -2.05. The predicted octanol–water partition coefficient (Wildman–Crippen LogP) is 3.58. The van der Waals surface area contributed by atoms with Crippen LogP contribution in [0.25, 0.3) is 0 Å². The minimum absolute atomic E-state index is 0.0242. The summed E-state index contributed by atoms with van der Waals surface area (Å²) in [5.41, 5.74) is 1.01. The highest BCUT2D eigenvalue weighted by Gasteiger charge is 2.44. The van der Waals surface area contributed by atoms with Crippen LogP contribution in [0.5, 0.6) is 5.75 Å². The van der Waals surface area contributed by atoms with Crippen molar-refractivity contribution in [3.63, 3.8) is 0 Å². The molecule has 0 aromatic heterocycles. The number of carbonyl (C=O) groups is 1. The number of rotatable bonds is 10. The van der Waals surface area contributed by atoms with Crippen LogP contribution >= 0.6 is 0 Å². The van der Waals surface area contributed by atoms with Crippen LogP contribution in [0.3, 0.4) is 0 Å². The number of aliphatic hydroxyl groups excluding tert-OH is 2. The van der Waals surface area contributed by atoms with Crippen LogP contribution in [0.15, 0.2) is 18.2 Å². The summed E-state index contributed by atoms with van der Waals surface area (Å²) in [6.45, 7) is -2.68. The molecule has 0 saturated heterocycles. The summed E-state index contributed by atoms with van der Waals surface area (Å²) < 4.78 is 61.3. The third-order valence-electron chi connectivity index (χ3n) is 5.79. The van der Waals surface area contributed by atoms with E-state index in [1.807, 2.05) is 0 Å². The SMILES string of the molecule is [2H]C([2H])([2H])CCCC([2H])([2H])[C@H](O)CC[C@@H]1[C@@H]2[C@@H](Cc3c(OCC(=O)O)cccc3C2([2H])[2H])C[C@H]1O. The molecular formula is C23H34O5. The molecule has 1 fully saturated rings. The standard InChI is InChI=1S/C23H34O5/c1-2-3-4-7-17(24)9-10-18-19-11-15-6-5-8-22(28-14-23(26)27)20(15)12-16(19)13-21(18)25/h5-6,8,16-19,21,24-25H,2-4,7,9-14H2,1H3,(H,26,27)/t16-,17-,18+,19-,21+/m0/s1/i1D3,7D2,11D2. The second kappa shape index (κ2) is 9.75. The van der Waals surface area contributed by atoms with Crippen molar-refractivity contribution < 1.29 is 34.4 Å². The maximum Gasteiger partial charge on any atom is 0.341 e. The van der Waals surface area contributed by atoms with Crippen LogP contribution in [0.4, 0.5) is 0 Å². The van der Waals surface area contributed by atoms with E-state index >= 15 is 0 Å². The fraction of sp³-hybridized carbons (Fsp3) is 0.696. The van der Waals surface area contributed by atoms with Crippen LogP contribution in [-0.4, -0.2) is 40.1 Å². The molecule has 1 aromatic rings. The van der Waals surface area contributed by atoms with Gasteiger partial charge in [-0.15, -0.1) is 0 Å². The summed E-state index contributed by atoms with van der Waals surface area (Å²) in [7, 11) is 0. The van der Waals surface area contributed by atoms with Gasteiger partial charge in [0.05, 0.1) is 12.2 Å². The monoisotopic (exact) mass is 397 g/mol. The summed E-state index contributed by atoms with van der Waals surface area (Å²) in [5, 5.41) is 30.3. The second-order valence-electron chi connectivity index (χ2n) is 7.72. The predicted molar refractivity (Wildman–Crippen MR) is 107 cm³/mol. The quantitative estimate of drug-likeness (QED) is 0.562. The number of ether oxygens (including phenoxy) is 1. The highest BCUT2D eigenvalue weighted by Crippen LogP contribution is 2.48. The zero-order chi connectivity index (χ0) is 26.2. The zero-order valence-corrected chi connectivity index (χ0v) is 15.9. The maximum atomic E-state index is 10.9. The van der Waals surface area contributed by atoms with Crippen molar-refractivity contribution in [2.24, 2.45) is 17.8 Å². The molecule has 1 aromatic carbocycles. The van der Waals surface area contributed by atoms with Gasteiger partial charge in [-0.1, -0.05) is 38.2 Å². The van der Waals surface area contributed by atoms with Crippen molar-refractivity contribution in [2.75, 3.05) is 6.61 Å². The molecule has 5 atom stereocenters. The Kier molecular flexibility index (Phi) is 4.73. The van der Waals surface area contributed by atoms with Crippen molar-refractivity contribution in [2.45, 2.75) is 76.8 Å². The van der Waals surface area contributed by atoms with E-state index in [-0.39, 0.29) is 38.0 Å². The van der Waals surface area contributed by atoms with E-state index in [0.29, 0.717) is 29.7 Å². The lowest BCUT2D eigenvalue weighted by molar-refractivity contribution is -0.139. The number of hydrogen-bond donors (Lipinski definition) is 3. The van der Waals surface area contributed by atoms with E-state index in [1.165, 1.54) is 0 Å². The molecule has 2 aliphatic carbocycles. The molecule has 0 aliphatic heterocycles. The molecule has 156 valence electrons. The van der Waals surface area contributed by atoms with Gasteiger partial charge >= 0.3 is 5.97 Å². The minimum Gasteiger partial charge on any atom is -0.482 e. The molecule has 28 heavy (non-hydrogen) atoms. The number of hydrogen-bond acceptors (Lipinski definition) is 4. The Labute approximate surface area is 177 Å². The molecule has 5 heteroatoms. The van der Waals surface area contributed by atoms with Gasteiger partial charge < -0.3 is 20.1 Å². The molecule has 0 spiro atoms. The molecule has 3 N–H and O–H groups in total. The van der Waals surface area contributed by atoms with Gasteiger partial charge in [0.1, 0.15) is 5.75 Å². The molecule has 1 saturated carbocycles. The topological polar surface area (TPSA) is 87.0 Å². The Morgan fingerprint density at radius 1 is 1.46 bits per heavy atom. The summed E-state index contributed by atoms with van der Waals surface area (Å²) >= 11 is 0. The molecule has 0 amide bonds.